The normalized spacial score (nSPS) is 19.6. The van der Waals surface area contributed by atoms with Crippen LogP contribution in [-0.4, -0.2) is 111 Å². The number of nitrogens with zero attached hydrogens (tertiary/aromatic N) is 2. The molecule has 4 rings (SSSR count). The molecule has 210 valence electrons. The predicted octanol–water partition coefficient (Wildman–Crippen LogP) is 0.393. The van der Waals surface area contributed by atoms with Gasteiger partial charge in [0.15, 0.2) is 0 Å². The van der Waals surface area contributed by atoms with Crippen LogP contribution in [0.1, 0.15) is 22.0 Å². The zero-order valence-corrected chi connectivity index (χ0v) is 21.9. The van der Waals surface area contributed by atoms with Crippen LogP contribution in [0, 0.1) is 0 Å². The number of fused-ring (bicyclic) bond motifs is 1. The van der Waals surface area contributed by atoms with Gasteiger partial charge in [-0.2, -0.15) is 0 Å². The van der Waals surface area contributed by atoms with Crippen molar-refractivity contribution in [2.24, 2.45) is 5.73 Å². The van der Waals surface area contributed by atoms with Gasteiger partial charge in [-0.15, -0.1) is 11.8 Å². The number of ether oxygens (including phenoxy) is 1. The van der Waals surface area contributed by atoms with Crippen LogP contribution in [-0.2, 0) is 19.1 Å². The number of urea groups is 1. The second-order valence-corrected chi connectivity index (χ2v) is 10.1. The Morgan fingerprint density at radius 3 is 2.27 bits per heavy atom. The van der Waals surface area contributed by atoms with Crippen LogP contribution in [0.25, 0.3) is 0 Å². The quantitative estimate of drug-likeness (QED) is 0.249. The van der Waals surface area contributed by atoms with E-state index >= 15 is 0 Å². The van der Waals surface area contributed by atoms with Gasteiger partial charge in [-0.1, -0.05) is 48.5 Å². The Labute approximate surface area is 260 Å². The van der Waals surface area contributed by atoms with Gasteiger partial charge < -0.3 is 26.2 Å². The van der Waals surface area contributed by atoms with Crippen LogP contribution in [0.3, 0.4) is 0 Å². The number of nitrogens with two attached hydrogens (primary N) is 1. The molecule has 0 aromatic heterocycles. The van der Waals surface area contributed by atoms with E-state index in [2.05, 4.69) is 10.6 Å². The average molecular weight is 592 g/mol. The van der Waals surface area contributed by atoms with E-state index in [4.69, 9.17) is 10.5 Å². The summed E-state index contributed by atoms with van der Waals surface area (Å²) in [5.41, 5.74) is 5.35. The van der Waals surface area contributed by atoms with Crippen molar-refractivity contribution in [2.45, 2.75) is 22.7 Å². The Morgan fingerprint density at radius 1 is 1.07 bits per heavy atom. The standard InChI is InChI=1S/C26H25N5O8S.Na.H/c1-30(21(33)15-10-6-3-7-11-15)26(38)29-18(14-8-4-2-5-9-14)20(32)28-19-22(34)31-17(24(35)36)12-16(40-23(19)31)13-39-25(27)37;;/h2-12,16,18-19,23H,13H2,1H3,(H2,27,37)(H,28,32)(H,29,38)(H,35,36);;/t16?,18?,19?,23-;;/m1../s1. The molecule has 1 saturated heterocycles. The number of thioether (sulfide) groups is 1. The molecule has 0 radical (unpaired) electrons. The number of carbonyl (C=O) groups is 6. The van der Waals surface area contributed by atoms with Crippen LogP contribution in [0.2, 0.25) is 0 Å². The minimum absolute atomic E-state index is 0. The van der Waals surface area contributed by atoms with Crippen LogP contribution >= 0.6 is 11.8 Å². The van der Waals surface area contributed by atoms with Gasteiger partial charge in [-0.05, 0) is 23.8 Å². The minimum atomic E-state index is -1.37. The molecule has 2 aromatic rings. The van der Waals surface area contributed by atoms with E-state index in [9.17, 15) is 33.9 Å². The first-order valence-corrected chi connectivity index (χ1v) is 12.9. The number of β-lactam (4-membered cyclic amide) rings is 1. The fourth-order valence-corrected chi connectivity index (χ4v) is 5.56. The van der Waals surface area contributed by atoms with Crippen LogP contribution in [0.15, 0.2) is 72.4 Å². The first-order chi connectivity index (χ1) is 19.1. The number of rotatable bonds is 8. The Bertz CT molecular complexity index is 1380. The van der Waals surface area contributed by atoms with Gasteiger partial charge in [-0.25, -0.2) is 14.4 Å². The molecule has 13 nitrogen and oxygen atoms in total. The second-order valence-electron chi connectivity index (χ2n) is 8.77. The Kier molecular flexibility index (Phi) is 10.6. The SMILES string of the molecule is CN(C(=O)NC(C(=O)NC1C(=O)N2C(C(=O)O)=CC(COC(N)=O)S[C@H]12)c1ccccc1)C(=O)c1ccccc1.[NaH]. The molecule has 2 aromatic carbocycles. The molecule has 41 heavy (non-hydrogen) atoms. The van der Waals surface area contributed by atoms with Crippen molar-refractivity contribution in [3.63, 3.8) is 0 Å². The van der Waals surface area contributed by atoms with Crippen LogP contribution in [0.4, 0.5) is 9.59 Å². The maximum atomic E-state index is 13.5. The summed E-state index contributed by atoms with van der Waals surface area (Å²) in [7, 11) is 1.27. The van der Waals surface area contributed by atoms with Crippen molar-refractivity contribution in [1.82, 2.24) is 20.4 Å². The van der Waals surface area contributed by atoms with E-state index in [-0.39, 0.29) is 47.4 Å². The Balaban J connectivity index is 0.00000462. The van der Waals surface area contributed by atoms with E-state index in [1.807, 2.05) is 0 Å². The van der Waals surface area contributed by atoms with Crippen molar-refractivity contribution in [2.75, 3.05) is 13.7 Å². The summed E-state index contributed by atoms with van der Waals surface area (Å²) < 4.78 is 4.78. The Morgan fingerprint density at radius 2 is 1.68 bits per heavy atom. The van der Waals surface area contributed by atoms with Gasteiger partial charge in [0.2, 0.25) is 5.91 Å². The van der Waals surface area contributed by atoms with Crippen molar-refractivity contribution in [3.05, 3.63) is 83.6 Å². The zero-order chi connectivity index (χ0) is 29.0. The number of hydrogen-bond donors (Lipinski definition) is 4. The zero-order valence-electron chi connectivity index (χ0n) is 21.1. The molecule has 0 bridgehead atoms. The summed E-state index contributed by atoms with van der Waals surface area (Å²) in [5, 5.41) is 13.3. The number of aliphatic carboxylic acids is 1. The molecule has 0 spiro atoms. The fourth-order valence-electron chi connectivity index (χ4n) is 4.16. The van der Waals surface area contributed by atoms with Crippen molar-refractivity contribution < 1.29 is 38.6 Å². The topological polar surface area (TPSA) is 188 Å². The number of hydrogen-bond acceptors (Lipinski definition) is 8. The first kappa shape index (κ1) is 31.7. The van der Waals surface area contributed by atoms with Gasteiger partial charge in [0, 0.05) is 12.6 Å². The molecular formula is C26H26N5NaO8S. The molecule has 15 heteroatoms. The monoisotopic (exact) mass is 591 g/mol. The Hall–Kier alpha value is -3.85. The molecule has 3 unspecified atom stereocenters. The summed E-state index contributed by atoms with van der Waals surface area (Å²) in [6, 6.07) is 13.0. The number of imide groups is 1. The number of benzene rings is 2. The fraction of sp³-hybridized carbons (Fsp3) is 0.231. The van der Waals surface area contributed by atoms with E-state index in [0.29, 0.717) is 5.56 Å². The third-order valence-corrected chi connectivity index (χ3v) is 7.54. The van der Waals surface area contributed by atoms with Crippen molar-refractivity contribution in [1.29, 1.82) is 0 Å². The number of nitrogens with one attached hydrogen (secondary N) is 2. The first-order valence-electron chi connectivity index (χ1n) is 11.9. The predicted molar refractivity (Wildman–Crippen MR) is 149 cm³/mol. The van der Waals surface area contributed by atoms with Gasteiger partial charge in [-0.3, -0.25) is 24.2 Å². The average Bonchev–Trinajstić information content (AvgIpc) is 2.96. The molecule has 1 fully saturated rings. The molecular weight excluding hydrogens is 565 g/mol. The van der Waals surface area contributed by atoms with Gasteiger partial charge in [0.25, 0.3) is 11.8 Å². The van der Waals surface area contributed by atoms with Crippen LogP contribution < -0.4 is 16.4 Å². The molecule has 2 aliphatic heterocycles. The van der Waals surface area contributed by atoms with Crippen LogP contribution in [0.5, 0.6) is 0 Å². The number of amides is 6. The summed E-state index contributed by atoms with van der Waals surface area (Å²) in [6.45, 7) is -0.236. The maximum absolute atomic E-state index is 13.5. The third-order valence-electron chi connectivity index (χ3n) is 6.16. The molecule has 6 amide bonds. The van der Waals surface area contributed by atoms with E-state index < -0.39 is 58.5 Å². The summed E-state index contributed by atoms with van der Waals surface area (Å²) in [5.74, 6) is -3.38. The van der Waals surface area contributed by atoms with Gasteiger partial charge in [0.1, 0.15) is 29.8 Å². The molecule has 2 heterocycles. The molecule has 0 saturated carbocycles. The summed E-state index contributed by atoms with van der Waals surface area (Å²) >= 11 is 1.10. The van der Waals surface area contributed by atoms with Crippen molar-refractivity contribution in [3.8, 4) is 0 Å². The number of carbonyl (C=O) groups excluding carboxylic acids is 5. The summed E-state index contributed by atoms with van der Waals surface area (Å²) in [4.78, 5) is 76.7. The van der Waals surface area contributed by atoms with Crippen molar-refractivity contribution >= 4 is 77.1 Å². The van der Waals surface area contributed by atoms with E-state index in [1.54, 1.807) is 60.7 Å². The number of carboxylic acid groups (broad SMARTS) is 1. The second kappa shape index (κ2) is 13.7. The molecule has 0 aliphatic carbocycles. The third kappa shape index (κ3) is 7.08. The molecule has 5 N–H and O–H groups in total. The molecule has 4 atom stereocenters. The summed E-state index contributed by atoms with van der Waals surface area (Å²) in [6.07, 6.45) is 0.231. The van der Waals surface area contributed by atoms with Gasteiger partial charge >= 0.3 is 47.7 Å². The number of primary amides is 1. The molecule has 2 aliphatic rings. The van der Waals surface area contributed by atoms with E-state index in [1.165, 1.54) is 13.1 Å². The number of carboxylic acids is 1. The van der Waals surface area contributed by atoms with Gasteiger partial charge in [0.05, 0.1) is 5.25 Å². The van der Waals surface area contributed by atoms with E-state index in [0.717, 1.165) is 21.6 Å².